The lowest BCUT2D eigenvalue weighted by atomic mass is 10.2. The van der Waals surface area contributed by atoms with Crippen LogP contribution in [0, 0.1) is 6.92 Å². The molecule has 2 N–H and O–H groups in total. The van der Waals surface area contributed by atoms with Crippen molar-refractivity contribution >= 4 is 23.7 Å². The van der Waals surface area contributed by atoms with Crippen molar-refractivity contribution in [1.29, 1.82) is 0 Å². The Kier molecular flexibility index (Phi) is 6.89. The molecular weight excluding hydrogens is 314 g/mol. The number of amides is 2. The van der Waals surface area contributed by atoms with E-state index in [1.54, 1.807) is 30.5 Å². The Bertz CT molecular complexity index is 735. The molecule has 2 aromatic rings. The van der Waals surface area contributed by atoms with Gasteiger partial charge in [-0.15, -0.1) is 0 Å². The summed E-state index contributed by atoms with van der Waals surface area (Å²) < 4.78 is 0. The summed E-state index contributed by atoms with van der Waals surface area (Å²) in [7, 11) is 0. The van der Waals surface area contributed by atoms with Crippen LogP contribution in [0.5, 0.6) is 0 Å². The molecule has 0 fully saturated rings. The van der Waals surface area contributed by atoms with Crippen LogP contribution < -0.4 is 10.7 Å². The Labute approximate surface area is 148 Å². The zero-order valence-electron chi connectivity index (χ0n) is 14.6. The van der Waals surface area contributed by atoms with Crippen LogP contribution in [0.15, 0.2) is 53.6 Å². The van der Waals surface area contributed by atoms with Gasteiger partial charge in [-0.1, -0.05) is 43.2 Å². The summed E-state index contributed by atoms with van der Waals surface area (Å²) in [6.07, 6.45) is 3.95. The SMILES string of the molecule is CCCCC(=O)Nc1ccc(C(=O)NN=Cc2ccc(C)cc2)cc1. The summed E-state index contributed by atoms with van der Waals surface area (Å²) >= 11 is 0. The van der Waals surface area contributed by atoms with Crippen molar-refractivity contribution in [1.82, 2.24) is 5.43 Å². The highest BCUT2D eigenvalue weighted by Crippen LogP contribution is 2.10. The van der Waals surface area contributed by atoms with Crippen molar-refractivity contribution in [3.63, 3.8) is 0 Å². The molecule has 0 radical (unpaired) electrons. The van der Waals surface area contributed by atoms with Crippen molar-refractivity contribution in [2.45, 2.75) is 33.1 Å². The number of nitrogens with zero attached hydrogens (tertiary/aromatic N) is 1. The molecule has 5 heteroatoms. The second-order valence-corrected chi connectivity index (χ2v) is 5.84. The summed E-state index contributed by atoms with van der Waals surface area (Å²) in [6.45, 7) is 4.06. The van der Waals surface area contributed by atoms with Gasteiger partial charge in [0.1, 0.15) is 0 Å². The number of unbranched alkanes of at least 4 members (excludes halogenated alkanes) is 1. The predicted octanol–water partition coefficient (Wildman–Crippen LogP) is 3.89. The van der Waals surface area contributed by atoms with Gasteiger partial charge in [0.05, 0.1) is 6.21 Å². The van der Waals surface area contributed by atoms with E-state index >= 15 is 0 Å². The lowest BCUT2D eigenvalue weighted by Gasteiger charge is -2.05. The molecule has 2 aromatic carbocycles. The number of hydrogen-bond acceptors (Lipinski definition) is 3. The van der Waals surface area contributed by atoms with Crippen LogP contribution in [0.4, 0.5) is 5.69 Å². The van der Waals surface area contributed by atoms with Gasteiger partial charge in [-0.3, -0.25) is 9.59 Å². The number of carbonyl (C=O) groups excluding carboxylic acids is 2. The van der Waals surface area contributed by atoms with E-state index in [0.29, 0.717) is 17.7 Å². The van der Waals surface area contributed by atoms with Gasteiger partial charge in [-0.05, 0) is 43.2 Å². The molecule has 0 saturated heterocycles. The van der Waals surface area contributed by atoms with Crippen LogP contribution in [0.2, 0.25) is 0 Å². The van der Waals surface area contributed by atoms with Gasteiger partial charge >= 0.3 is 0 Å². The molecule has 0 aliphatic heterocycles. The van der Waals surface area contributed by atoms with Gasteiger partial charge in [0.15, 0.2) is 0 Å². The highest BCUT2D eigenvalue weighted by molar-refractivity contribution is 5.96. The van der Waals surface area contributed by atoms with Crippen molar-refractivity contribution in [3.05, 3.63) is 65.2 Å². The molecule has 2 amide bonds. The van der Waals surface area contributed by atoms with Gasteiger partial charge in [-0.2, -0.15) is 5.10 Å². The van der Waals surface area contributed by atoms with Crippen LogP contribution in [-0.2, 0) is 4.79 Å². The average molecular weight is 337 g/mol. The van der Waals surface area contributed by atoms with E-state index in [-0.39, 0.29) is 11.8 Å². The second kappa shape index (κ2) is 9.37. The van der Waals surface area contributed by atoms with Crippen LogP contribution in [0.1, 0.15) is 47.7 Å². The highest BCUT2D eigenvalue weighted by Gasteiger charge is 2.05. The van der Waals surface area contributed by atoms with Gasteiger partial charge in [-0.25, -0.2) is 5.43 Å². The summed E-state index contributed by atoms with van der Waals surface area (Å²) in [5, 5.41) is 6.77. The van der Waals surface area contributed by atoms with E-state index in [4.69, 9.17) is 0 Å². The highest BCUT2D eigenvalue weighted by atomic mass is 16.2. The molecule has 25 heavy (non-hydrogen) atoms. The molecule has 0 unspecified atom stereocenters. The Hall–Kier alpha value is -2.95. The molecule has 0 spiro atoms. The zero-order valence-corrected chi connectivity index (χ0v) is 14.6. The number of hydrogen-bond donors (Lipinski definition) is 2. The summed E-state index contributed by atoms with van der Waals surface area (Å²) in [4.78, 5) is 23.7. The van der Waals surface area contributed by atoms with Crippen molar-refractivity contribution in [2.24, 2.45) is 5.10 Å². The first kappa shape index (κ1) is 18.4. The third kappa shape index (κ3) is 6.22. The zero-order chi connectivity index (χ0) is 18.1. The fourth-order valence-electron chi connectivity index (χ4n) is 2.15. The molecule has 0 aromatic heterocycles. The first-order valence-electron chi connectivity index (χ1n) is 8.38. The van der Waals surface area contributed by atoms with E-state index in [1.165, 1.54) is 5.56 Å². The lowest BCUT2D eigenvalue weighted by Crippen LogP contribution is -2.17. The number of carbonyl (C=O) groups is 2. The maximum absolute atomic E-state index is 12.1. The third-order valence-electron chi connectivity index (χ3n) is 3.65. The fourth-order valence-corrected chi connectivity index (χ4v) is 2.15. The summed E-state index contributed by atoms with van der Waals surface area (Å²) in [6, 6.07) is 14.6. The molecule has 2 rings (SSSR count). The average Bonchev–Trinajstić information content (AvgIpc) is 2.62. The Morgan fingerprint density at radius 1 is 1.04 bits per heavy atom. The molecular formula is C20H23N3O2. The monoisotopic (exact) mass is 337 g/mol. The van der Waals surface area contributed by atoms with Gasteiger partial charge < -0.3 is 5.32 Å². The molecule has 130 valence electrons. The Balaban J connectivity index is 1.87. The number of hydrazone groups is 1. The van der Waals surface area contributed by atoms with E-state index in [0.717, 1.165) is 18.4 Å². The quantitative estimate of drug-likeness (QED) is 0.594. The van der Waals surface area contributed by atoms with Gasteiger partial charge in [0, 0.05) is 17.7 Å². The third-order valence-corrected chi connectivity index (χ3v) is 3.65. The molecule has 0 saturated carbocycles. The number of benzene rings is 2. The fraction of sp³-hybridized carbons (Fsp3) is 0.250. The van der Waals surface area contributed by atoms with Crippen LogP contribution >= 0.6 is 0 Å². The van der Waals surface area contributed by atoms with E-state index in [9.17, 15) is 9.59 Å². The van der Waals surface area contributed by atoms with Crippen molar-refractivity contribution in [3.8, 4) is 0 Å². The maximum Gasteiger partial charge on any atom is 0.271 e. The minimum atomic E-state index is -0.299. The molecule has 0 bridgehead atoms. The van der Waals surface area contributed by atoms with E-state index in [2.05, 4.69) is 15.8 Å². The number of aryl methyl sites for hydroxylation is 1. The summed E-state index contributed by atoms with van der Waals surface area (Å²) in [5.74, 6) is -0.311. The normalized spacial score (nSPS) is 10.6. The van der Waals surface area contributed by atoms with Crippen molar-refractivity contribution in [2.75, 3.05) is 5.32 Å². The van der Waals surface area contributed by atoms with Crippen LogP contribution in [0.25, 0.3) is 0 Å². The molecule has 0 aliphatic carbocycles. The van der Waals surface area contributed by atoms with Crippen LogP contribution in [0.3, 0.4) is 0 Å². The van der Waals surface area contributed by atoms with Crippen molar-refractivity contribution < 1.29 is 9.59 Å². The first-order valence-corrected chi connectivity index (χ1v) is 8.38. The smallest absolute Gasteiger partial charge is 0.271 e. The lowest BCUT2D eigenvalue weighted by molar-refractivity contribution is -0.116. The first-order chi connectivity index (χ1) is 12.1. The Morgan fingerprint density at radius 3 is 2.36 bits per heavy atom. The topological polar surface area (TPSA) is 70.6 Å². The molecule has 0 atom stereocenters. The van der Waals surface area contributed by atoms with Gasteiger partial charge in [0.2, 0.25) is 5.91 Å². The van der Waals surface area contributed by atoms with E-state index < -0.39 is 0 Å². The Morgan fingerprint density at radius 2 is 1.72 bits per heavy atom. The summed E-state index contributed by atoms with van der Waals surface area (Å²) in [5.41, 5.74) is 5.74. The molecule has 0 aliphatic rings. The second-order valence-electron chi connectivity index (χ2n) is 5.84. The van der Waals surface area contributed by atoms with E-state index in [1.807, 2.05) is 38.1 Å². The maximum atomic E-state index is 12.1. The number of rotatable bonds is 7. The molecule has 0 heterocycles. The minimum absolute atomic E-state index is 0.0123. The predicted molar refractivity (Wildman–Crippen MR) is 101 cm³/mol. The molecule has 5 nitrogen and oxygen atoms in total. The number of nitrogens with one attached hydrogen (secondary N) is 2. The largest absolute Gasteiger partial charge is 0.326 e. The minimum Gasteiger partial charge on any atom is -0.326 e. The standard InChI is InChI=1S/C20H23N3O2/c1-3-4-5-19(24)22-18-12-10-17(11-13-18)20(25)23-21-14-16-8-6-15(2)7-9-16/h6-14H,3-5H2,1-2H3,(H,22,24)(H,23,25). The number of anilines is 1. The van der Waals surface area contributed by atoms with Crippen LogP contribution in [-0.4, -0.2) is 18.0 Å². The van der Waals surface area contributed by atoms with Gasteiger partial charge in [0.25, 0.3) is 5.91 Å².